The molecule has 0 aromatic heterocycles. The number of aliphatic hydroxyl groups is 1. The van der Waals surface area contributed by atoms with Crippen molar-refractivity contribution in [2.45, 2.75) is 24.9 Å². The molecule has 0 bridgehead atoms. The molecule has 0 aliphatic carbocycles. The quantitative estimate of drug-likeness (QED) is 0.711. The van der Waals surface area contributed by atoms with Gasteiger partial charge in [-0.05, 0) is 42.8 Å². The second kappa shape index (κ2) is 9.46. The summed E-state index contributed by atoms with van der Waals surface area (Å²) in [6.45, 7) is 2.80. The molecule has 1 aliphatic heterocycles. The maximum absolute atomic E-state index is 10.1. The van der Waals surface area contributed by atoms with Crippen LogP contribution in [0.4, 0.5) is 0 Å². The lowest BCUT2D eigenvalue weighted by Gasteiger charge is -2.28. The third kappa shape index (κ3) is 5.13. The lowest BCUT2D eigenvalue weighted by molar-refractivity contribution is 0.118. The van der Waals surface area contributed by atoms with Crippen LogP contribution >= 0.6 is 0 Å². The fraction of sp³-hybridized carbons (Fsp3) is 0.429. The van der Waals surface area contributed by atoms with E-state index < -0.39 is 0 Å². The first-order valence-corrected chi connectivity index (χ1v) is 9.14. The van der Waals surface area contributed by atoms with Gasteiger partial charge in [-0.3, -0.25) is 0 Å². The molecule has 2 aromatic rings. The van der Waals surface area contributed by atoms with Gasteiger partial charge < -0.3 is 24.6 Å². The van der Waals surface area contributed by atoms with Crippen molar-refractivity contribution in [3.63, 3.8) is 0 Å². The predicted octanol–water partition coefficient (Wildman–Crippen LogP) is 2.98. The molecule has 2 unspecified atom stereocenters. The number of hydrogen-bond donors (Lipinski definition) is 2. The first-order chi connectivity index (χ1) is 12.8. The van der Waals surface area contributed by atoms with Crippen molar-refractivity contribution in [2.24, 2.45) is 0 Å². The van der Waals surface area contributed by atoms with E-state index in [1.54, 1.807) is 7.11 Å². The Kier molecular flexibility index (Phi) is 6.75. The third-order valence-corrected chi connectivity index (χ3v) is 4.63. The second-order valence-corrected chi connectivity index (χ2v) is 6.47. The van der Waals surface area contributed by atoms with E-state index in [9.17, 15) is 5.11 Å². The summed E-state index contributed by atoms with van der Waals surface area (Å²) in [5.41, 5.74) is 1.17. The molecule has 2 N–H and O–H groups in total. The van der Waals surface area contributed by atoms with Gasteiger partial charge in [-0.2, -0.15) is 0 Å². The Morgan fingerprint density at radius 3 is 2.46 bits per heavy atom. The molecule has 140 valence electrons. The topological polar surface area (TPSA) is 60.0 Å². The normalized spacial score (nSPS) is 19.8. The largest absolute Gasteiger partial charge is 0.497 e. The summed E-state index contributed by atoms with van der Waals surface area (Å²) in [5.74, 6) is 2.65. The standard InChI is InChI=1S/C21H27NO4/c1-24-18-4-2-5-19(14-18)26-13-3-12-25-17-8-6-16(7-9-17)20-10-11-22-15-21(20)23/h2,4-9,14,20-23H,3,10-13,15H2,1H3. The van der Waals surface area contributed by atoms with Crippen LogP contribution in [0.25, 0.3) is 0 Å². The average molecular weight is 357 g/mol. The van der Waals surface area contributed by atoms with E-state index in [0.29, 0.717) is 19.8 Å². The zero-order chi connectivity index (χ0) is 18.2. The molecule has 0 saturated carbocycles. The Hall–Kier alpha value is -2.24. The van der Waals surface area contributed by atoms with Crippen LogP contribution in [-0.4, -0.2) is 44.6 Å². The SMILES string of the molecule is COc1cccc(OCCCOc2ccc(C3CCNCC3O)cc2)c1. The molecule has 1 saturated heterocycles. The fourth-order valence-electron chi connectivity index (χ4n) is 3.17. The predicted molar refractivity (Wildman–Crippen MR) is 101 cm³/mol. The summed E-state index contributed by atoms with van der Waals surface area (Å²) in [6.07, 6.45) is 1.44. The van der Waals surface area contributed by atoms with Crippen molar-refractivity contribution < 1.29 is 19.3 Å². The van der Waals surface area contributed by atoms with E-state index in [1.165, 1.54) is 5.56 Å². The number of ether oxygens (including phenoxy) is 3. The lowest BCUT2D eigenvalue weighted by Crippen LogP contribution is -2.39. The van der Waals surface area contributed by atoms with Crippen LogP contribution in [0.1, 0.15) is 24.3 Å². The molecule has 0 amide bonds. The van der Waals surface area contributed by atoms with Gasteiger partial charge in [0.05, 0.1) is 26.4 Å². The zero-order valence-corrected chi connectivity index (χ0v) is 15.2. The number of rotatable bonds is 8. The Balaban J connectivity index is 1.39. The second-order valence-electron chi connectivity index (χ2n) is 6.47. The maximum Gasteiger partial charge on any atom is 0.122 e. The van der Waals surface area contributed by atoms with E-state index in [2.05, 4.69) is 17.4 Å². The van der Waals surface area contributed by atoms with Crippen molar-refractivity contribution in [2.75, 3.05) is 33.4 Å². The van der Waals surface area contributed by atoms with Crippen LogP contribution in [0, 0.1) is 0 Å². The van der Waals surface area contributed by atoms with E-state index in [4.69, 9.17) is 14.2 Å². The first-order valence-electron chi connectivity index (χ1n) is 9.14. The molecule has 2 aromatic carbocycles. The minimum atomic E-state index is -0.315. The molecular weight excluding hydrogens is 330 g/mol. The van der Waals surface area contributed by atoms with Crippen molar-refractivity contribution in [3.05, 3.63) is 54.1 Å². The number of aliphatic hydroxyl groups excluding tert-OH is 1. The summed E-state index contributed by atoms with van der Waals surface area (Å²) in [6, 6.07) is 15.7. The van der Waals surface area contributed by atoms with Crippen molar-refractivity contribution in [1.29, 1.82) is 0 Å². The Bertz CT molecular complexity index is 674. The highest BCUT2D eigenvalue weighted by Crippen LogP contribution is 2.27. The number of hydrogen-bond acceptors (Lipinski definition) is 5. The molecule has 0 radical (unpaired) electrons. The number of nitrogens with one attached hydrogen (secondary N) is 1. The fourth-order valence-corrected chi connectivity index (χ4v) is 3.17. The van der Waals surface area contributed by atoms with Gasteiger partial charge in [0.25, 0.3) is 0 Å². The van der Waals surface area contributed by atoms with Crippen LogP contribution in [0.3, 0.4) is 0 Å². The molecule has 26 heavy (non-hydrogen) atoms. The summed E-state index contributed by atoms with van der Waals surface area (Å²) >= 11 is 0. The minimum Gasteiger partial charge on any atom is -0.497 e. The van der Waals surface area contributed by atoms with E-state index in [1.807, 2.05) is 36.4 Å². The van der Waals surface area contributed by atoms with E-state index in [-0.39, 0.29) is 12.0 Å². The van der Waals surface area contributed by atoms with Crippen LogP contribution in [0.2, 0.25) is 0 Å². The lowest BCUT2D eigenvalue weighted by atomic mass is 9.88. The molecule has 1 fully saturated rings. The maximum atomic E-state index is 10.1. The van der Waals surface area contributed by atoms with Gasteiger partial charge in [-0.25, -0.2) is 0 Å². The van der Waals surface area contributed by atoms with Gasteiger partial charge in [0.15, 0.2) is 0 Å². The first kappa shape index (κ1) is 18.5. The number of benzene rings is 2. The summed E-state index contributed by atoms with van der Waals surface area (Å²) < 4.78 is 16.7. The van der Waals surface area contributed by atoms with Crippen molar-refractivity contribution >= 4 is 0 Å². The molecule has 1 aliphatic rings. The molecule has 0 spiro atoms. The van der Waals surface area contributed by atoms with Gasteiger partial charge in [-0.1, -0.05) is 18.2 Å². The van der Waals surface area contributed by atoms with Gasteiger partial charge in [0, 0.05) is 24.9 Å². The highest BCUT2D eigenvalue weighted by Gasteiger charge is 2.24. The van der Waals surface area contributed by atoms with E-state index >= 15 is 0 Å². The Labute approximate surface area is 154 Å². The zero-order valence-electron chi connectivity index (χ0n) is 15.2. The molecule has 5 nitrogen and oxygen atoms in total. The Morgan fingerprint density at radius 1 is 1.00 bits per heavy atom. The highest BCUT2D eigenvalue weighted by molar-refractivity contribution is 5.33. The van der Waals surface area contributed by atoms with Crippen molar-refractivity contribution in [3.8, 4) is 17.2 Å². The minimum absolute atomic E-state index is 0.210. The Morgan fingerprint density at radius 2 is 1.73 bits per heavy atom. The molecular formula is C21H27NO4. The average Bonchev–Trinajstić information content (AvgIpc) is 2.69. The summed E-state index contributed by atoms with van der Waals surface area (Å²) in [5, 5.41) is 13.3. The molecule has 1 heterocycles. The highest BCUT2D eigenvalue weighted by atomic mass is 16.5. The van der Waals surface area contributed by atoms with Crippen LogP contribution in [0.5, 0.6) is 17.2 Å². The summed E-state index contributed by atoms with van der Waals surface area (Å²) in [7, 11) is 1.64. The van der Waals surface area contributed by atoms with Crippen LogP contribution < -0.4 is 19.5 Å². The number of methoxy groups -OCH3 is 1. The summed E-state index contributed by atoms with van der Waals surface area (Å²) in [4.78, 5) is 0. The van der Waals surface area contributed by atoms with E-state index in [0.717, 1.165) is 36.6 Å². The van der Waals surface area contributed by atoms with Gasteiger partial charge in [-0.15, -0.1) is 0 Å². The smallest absolute Gasteiger partial charge is 0.122 e. The third-order valence-electron chi connectivity index (χ3n) is 4.63. The van der Waals surface area contributed by atoms with Crippen molar-refractivity contribution in [1.82, 2.24) is 5.32 Å². The molecule has 3 rings (SSSR count). The number of piperidine rings is 1. The van der Waals surface area contributed by atoms with Gasteiger partial charge in [0.1, 0.15) is 17.2 Å². The molecule has 2 atom stereocenters. The number of β-amino-alcohol motifs (C(OH)–C–C–N with tert-alkyl or cyclic N) is 1. The van der Waals surface area contributed by atoms with Gasteiger partial charge in [0.2, 0.25) is 0 Å². The monoisotopic (exact) mass is 357 g/mol. The van der Waals surface area contributed by atoms with Gasteiger partial charge >= 0.3 is 0 Å². The van der Waals surface area contributed by atoms with Crippen LogP contribution in [0.15, 0.2) is 48.5 Å². The van der Waals surface area contributed by atoms with Crippen LogP contribution in [-0.2, 0) is 0 Å². The molecule has 5 heteroatoms.